The van der Waals surface area contributed by atoms with Crippen LogP contribution in [0.5, 0.6) is 0 Å². The molecule has 1 fully saturated rings. The van der Waals surface area contributed by atoms with Crippen LogP contribution in [-0.2, 0) is 11.3 Å². The highest BCUT2D eigenvalue weighted by Crippen LogP contribution is 2.24. The van der Waals surface area contributed by atoms with Gasteiger partial charge in [-0.3, -0.25) is 4.79 Å². The molecule has 144 valence electrons. The van der Waals surface area contributed by atoms with Gasteiger partial charge >= 0.3 is 6.03 Å². The van der Waals surface area contributed by atoms with Crippen LogP contribution in [-0.4, -0.2) is 57.6 Å². The Labute approximate surface area is 154 Å². The third-order valence-electron chi connectivity index (χ3n) is 4.43. The smallest absolute Gasteiger partial charge is 0.318 e. The number of carbonyl (C=O) groups excluding carboxylic acids is 2. The van der Waals surface area contributed by atoms with Gasteiger partial charge in [-0.05, 0) is 26.0 Å². The molecule has 3 amide bonds. The standard InChI is InChI=1S/C17H19F2N5O3/c1-3-23-7-8-24(10(2)16(23)25)17(26)20-9-13-21-15(27-22-13)14-11(18)5-4-6-12(14)19/h4-6,10H,3,7-9H2,1-2H3,(H,20,26)/t10-/m1/s1. The van der Waals surface area contributed by atoms with Crippen molar-refractivity contribution in [3.05, 3.63) is 35.7 Å². The van der Waals surface area contributed by atoms with E-state index in [-0.39, 0.29) is 24.2 Å². The number of urea groups is 1. The molecule has 2 heterocycles. The second-order valence-electron chi connectivity index (χ2n) is 6.06. The number of amides is 3. The summed E-state index contributed by atoms with van der Waals surface area (Å²) in [5.74, 6) is -2.01. The number of likely N-dealkylation sites (N-methyl/N-ethyl adjacent to an activating group) is 1. The van der Waals surface area contributed by atoms with E-state index < -0.39 is 29.3 Å². The predicted octanol–water partition coefficient (Wildman–Crippen LogP) is 1.78. The van der Waals surface area contributed by atoms with Gasteiger partial charge in [0.2, 0.25) is 5.91 Å². The van der Waals surface area contributed by atoms with Gasteiger partial charge in [-0.2, -0.15) is 4.98 Å². The number of benzene rings is 1. The highest BCUT2D eigenvalue weighted by Gasteiger charge is 2.33. The summed E-state index contributed by atoms with van der Waals surface area (Å²) in [5, 5.41) is 6.21. The first kappa shape index (κ1) is 18.7. The van der Waals surface area contributed by atoms with E-state index in [1.807, 2.05) is 6.92 Å². The zero-order valence-electron chi connectivity index (χ0n) is 14.9. The molecule has 3 rings (SSSR count). The fourth-order valence-corrected chi connectivity index (χ4v) is 2.91. The predicted molar refractivity (Wildman–Crippen MR) is 90.3 cm³/mol. The summed E-state index contributed by atoms with van der Waals surface area (Å²) >= 11 is 0. The fraction of sp³-hybridized carbons (Fsp3) is 0.412. The zero-order chi connectivity index (χ0) is 19.6. The number of halogens is 2. The first-order valence-electron chi connectivity index (χ1n) is 8.52. The Bertz CT molecular complexity index is 837. The second kappa shape index (κ2) is 7.68. The number of hydrogen-bond acceptors (Lipinski definition) is 5. The molecule has 1 saturated heterocycles. The van der Waals surface area contributed by atoms with Crippen LogP contribution in [0.1, 0.15) is 19.7 Å². The molecule has 1 atom stereocenters. The number of nitrogens with one attached hydrogen (secondary N) is 1. The minimum absolute atomic E-state index is 0.0622. The molecule has 8 nitrogen and oxygen atoms in total. The fourth-order valence-electron chi connectivity index (χ4n) is 2.91. The van der Waals surface area contributed by atoms with Crippen molar-refractivity contribution in [1.29, 1.82) is 0 Å². The summed E-state index contributed by atoms with van der Waals surface area (Å²) in [6.45, 7) is 4.91. The Kier molecular flexibility index (Phi) is 5.33. The maximum absolute atomic E-state index is 13.8. The van der Waals surface area contributed by atoms with E-state index >= 15 is 0 Å². The normalized spacial score (nSPS) is 17.3. The monoisotopic (exact) mass is 379 g/mol. The molecule has 27 heavy (non-hydrogen) atoms. The molecule has 2 aromatic rings. The van der Waals surface area contributed by atoms with Crippen molar-refractivity contribution in [3.63, 3.8) is 0 Å². The first-order chi connectivity index (χ1) is 12.9. The van der Waals surface area contributed by atoms with Gasteiger partial charge < -0.3 is 19.6 Å². The molecule has 0 spiro atoms. The summed E-state index contributed by atoms with van der Waals surface area (Å²) < 4.78 is 32.4. The van der Waals surface area contributed by atoms with E-state index in [2.05, 4.69) is 15.5 Å². The summed E-state index contributed by atoms with van der Waals surface area (Å²) in [5.41, 5.74) is -0.419. The number of aromatic nitrogens is 2. The highest BCUT2D eigenvalue weighted by atomic mass is 19.1. The van der Waals surface area contributed by atoms with Crippen LogP contribution in [0.4, 0.5) is 13.6 Å². The Morgan fingerprint density at radius 3 is 2.70 bits per heavy atom. The van der Waals surface area contributed by atoms with Gasteiger partial charge in [0.25, 0.3) is 5.89 Å². The number of carbonyl (C=O) groups is 2. The van der Waals surface area contributed by atoms with Gasteiger partial charge in [0.15, 0.2) is 5.82 Å². The van der Waals surface area contributed by atoms with Gasteiger partial charge in [-0.1, -0.05) is 11.2 Å². The van der Waals surface area contributed by atoms with Crippen molar-refractivity contribution in [1.82, 2.24) is 25.3 Å². The van der Waals surface area contributed by atoms with Gasteiger partial charge in [-0.15, -0.1) is 0 Å². The van der Waals surface area contributed by atoms with Crippen molar-refractivity contribution in [2.24, 2.45) is 0 Å². The van der Waals surface area contributed by atoms with Gasteiger partial charge in [0, 0.05) is 19.6 Å². The molecule has 1 N–H and O–H groups in total. The molecule has 0 saturated carbocycles. The van der Waals surface area contributed by atoms with E-state index in [9.17, 15) is 18.4 Å². The quantitative estimate of drug-likeness (QED) is 0.874. The third kappa shape index (κ3) is 3.74. The number of rotatable bonds is 4. The highest BCUT2D eigenvalue weighted by molar-refractivity contribution is 5.87. The molecule has 0 aliphatic carbocycles. The Morgan fingerprint density at radius 2 is 2.04 bits per heavy atom. The van der Waals surface area contributed by atoms with Gasteiger partial charge in [-0.25, -0.2) is 13.6 Å². The van der Waals surface area contributed by atoms with Crippen LogP contribution in [0, 0.1) is 11.6 Å². The lowest BCUT2D eigenvalue weighted by Gasteiger charge is -2.38. The molecule has 0 radical (unpaired) electrons. The number of nitrogens with zero attached hydrogens (tertiary/aromatic N) is 4. The average Bonchev–Trinajstić information content (AvgIpc) is 3.10. The maximum atomic E-state index is 13.8. The van der Waals surface area contributed by atoms with Crippen LogP contribution in [0.25, 0.3) is 11.5 Å². The van der Waals surface area contributed by atoms with Crippen molar-refractivity contribution >= 4 is 11.9 Å². The van der Waals surface area contributed by atoms with E-state index in [4.69, 9.17) is 4.52 Å². The lowest BCUT2D eigenvalue weighted by atomic mass is 10.2. The minimum atomic E-state index is -0.824. The van der Waals surface area contributed by atoms with Gasteiger partial charge in [0.1, 0.15) is 23.2 Å². The summed E-state index contributed by atoms with van der Waals surface area (Å²) in [6.07, 6.45) is 0. The number of piperazine rings is 1. The summed E-state index contributed by atoms with van der Waals surface area (Å²) in [4.78, 5) is 31.5. The van der Waals surface area contributed by atoms with E-state index in [0.29, 0.717) is 19.6 Å². The van der Waals surface area contributed by atoms with E-state index in [0.717, 1.165) is 12.1 Å². The Balaban J connectivity index is 1.64. The maximum Gasteiger partial charge on any atom is 0.318 e. The lowest BCUT2D eigenvalue weighted by Crippen LogP contribution is -2.59. The average molecular weight is 379 g/mol. The third-order valence-corrected chi connectivity index (χ3v) is 4.43. The molecule has 1 aromatic heterocycles. The molecule has 1 aliphatic heterocycles. The molecular formula is C17H19F2N5O3. The summed E-state index contributed by atoms with van der Waals surface area (Å²) in [7, 11) is 0. The van der Waals surface area contributed by atoms with Crippen LogP contribution in [0.3, 0.4) is 0 Å². The topological polar surface area (TPSA) is 91.6 Å². The summed E-state index contributed by atoms with van der Waals surface area (Å²) in [6, 6.07) is 2.37. The molecule has 0 bridgehead atoms. The van der Waals surface area contributed by atoms with Crippen LogP contribution in [0.15, 0.2) is 22.7 Å². The van der Waals surface area contributed by atoms with Crippen molar-refractivity contribution < 1.29 is 22.9 Å². The molecule has 10 heteroatoms. The second-order valence-corrected chi connectivity index (χ2v) is 6.06. The van der Waals surface area contributed by atoms with E-state index in [1.165, 1.54) is 11.0 Å². The largest absolute Gasteiger partial charge is 0.339 e. The van der Waals surface area contributed by atoms with Crippen LogP contribution < -0.4 is 5.32 Å². The molecule has 1 aromatic carbocycles. The lowest BCUT2D eigenvalue weighted by molar-refractivity contribution is -0.138. The Hall–Kier alpha value is -3.04. The first-order valence-corrected chi connectivity index (χ1v) is 8.52. The van der Waals surface area contributed by atoms with Crippen molar-refractivity contribution in [2.45, 2.75) is 26.4 Å². The molecule has 0 unspecified atom stereocenters. The van der Waals surface area contributed by atoms with Crippen molar-refractivity contribution in [3.8, 4) is 11.5 Å². The Morgan fingerprint density at radius 1 is 1.33 bits per heavy atom. The SMILES string of the molecule is CCN1CCN(C(=O)NCc2noc(-c3c(F)cccc3F)n2)[C@H](C)C1=O. The van der Waals surface area contributed by atoms with E-state index in [1.54, 1.807) is 11.8 Å². The van der Waals surface area contributed by atoms with Crippen molar-refractivity contribution in [2.75, 3.05) is 19.6 Å². The molecule has 1 aliphatic rings. The van der Waals surface area contributed by atoms with Gasteiger partial charge in [0.05, 0.1) is 6.54 Å². The zero-order valence-corrected chi connectivity index (χ0v) is 14.9. The number of hydrogen-bond donors (Lipinski definition) is 1. The van der Waals surface area contributed by atoms with Crippen LogP contribution in [0.2, 0.25) is 0 Å². The van der Waals surface area contributed by atoms with Crippen LogP contribution >= 0.6 is 0 Å². The minimum Gasteiger partial charge on any atom is -0.339 e. The molecular weight excluding hydrogens is 360 g/mol.